The van der Waals surface area contributed by atoms with Crippen LogP contribution in [0.3, 0.4) is 0 Å². The molecule has 62 heavy (non-hydrogen) atoms. The van der Waals surface area contributed by atoms with Crippen LogP contribution in [0.25, 0.3) is 0 Å². The van der Waals surface area contributed by atoms with Crippen LogP contribution in [-0.4, -0.2) is 68.1 Å². The summed E-state index contributed by atoms with van der Waals surface area (Å²) in [5, 5.41) is 13.2. The lowest BCUT2D eigenvalue weighted by Gasteiger charge is -2.32. The third-order valence-corrected chi connectivity index (χ3v) is 11.3. The number of nitrogens with zero attached hydrogens (tertiary/aromatic N) is 5. The molecule has 4 aromatic carbocycles. The van der Waals surface area contributed by atoms with E-state index in [1.807, 2.05) is 74.2 Å². The minimum absolute atomic E-state index is 0.105. The maximum atomic E-state index is 12.4. The van der Waals surface area contributed by atoms with Crippen molar-refractivity contribution in [1.82, 2.24) is 24.3 Å². The number of nitrogens with two attached hydrogens (primary N) is 1. The van der Waals surface area contributed by atoms with Gasteiger partial charge in [-0.3, -0.25) is 19.6 Å². The molecule has 0 unspecified atom stereocenters. The number of rotatable bonds is 17. The number of amides is 1. The average Bonchev–Trinajstić information content (AvgIpc) is 3.82. The lowest BCUT2D eigenvalue weighted by atomic mass is 9.90. The molecular weight excluding hydrogens is 794 g/mol. The van der Waals surface area contributed by atoms with Gasteiger partial charge in [0, 0.05) is 55.0 Å². The number of halogens is 1. The molecule has 4 N–H and O–H groups in total. The van der Waals surface area contributed by atoms with Gasteiger partial charge in [0.1, 0.15) is 11.5 Å². The highest BCUT2D eigenvalue weighted by atomic mass is 35.5. The molecule has 10 nitrogen and oxygen atoms in total. The minimum Gasteiger partial charge on any atom is -0.508 e. The first-order chi connectivity index (χ1) is 30.2. The molecule has 2 aromatic heterocycles. The standard InChI is InChI=1S/C25H27N3O.C15H19ClN2O.C11H18N2O/c29-25(27-24-7-4-14-26-18-24)23-10-8-22(9-11-23)19-28-15-12-21(13-16-28)17-20-5-2-1-3-6-20;1-13-5-6-15(14(16)11-13)19-10-4-2-3-8-18-9-7-17-12-18;1-3-13(4-2)8-9-7-10(12)5-6-11(9)14/h1-11,14,18,21H,12-13,15-17,19H2,(H,27,29);5-7,9,11-12H,2-4,8,10H2,1H3;5-7,14H,3-4,8,12H2,1-2H3. The molecule has 6 aromatic rings. The summed E-state index contributed by atoms with van der Waals surface area (Å²) in [6.07, 6.45) is 16.0. The molecule has 0 aliphatic carbocycles. The molecule has 1 fully saturated rings. The number of likely N-dealkylation sites (tertiary alicyclic amines) is 1. The van der Waals surface area contributed by atoms with E-state index in [0.717, 1.165) is 87.9 Å². The number of hydrogen-bond acceptors (Lipinski definition) is 8. The number of ether oxygens (including phenoxy) is 1. The van der Waals surface area contributed by atoms with Gasteiger partial charge in [-0.1, -0.05) is 74.0 Å². The van der Waals surface area contributed by atoms with Crippen LogP contribution in [0.2, 0.25) is 5.02 Å². The Morgan fingerprint density at radius 2 is 1.66 bits per heavy atom. The highest BCUT2D eigenvalue weighted by molar-refractivity contribution is 6.32. The number of imidazole rings is 1. The predicted molar refractivity (Wildman–Crippen MR) is 254 cm³/mol. The van der Waals surface area contributed by atoms with E-state index in [9.17, 15) is 9.90 Å². The third kappa shape index (κ3) is 16.6. The van der Waals surface area contributed by atoms with E-state index in [-0.39, 0.29) is 5.91 Å². The van der Waals surface area contributed by atoms with Crippen LogP contribution < -0.4 is 15.8 Å². The second-order valence-electron chi connectivity index (χ2n) is 15.8. The van der Waals surface area contributed by atoms with Gasteiger partial charge in [0.15, 0.2) is 0 Å². The number of benzene rings is 4. The quantitative estimate of drug-likeness (QED) is 0.0471. The molecule has 328 valence electrons. The third-order valence-electron chi connectivity index (χ3n) is 11.0. The van der Waals surface area contributed by atoms with Gasteiger partial charge in [0.05, 0.1) is 29.8 Å². The van der Waals surface area contributed by atoms with Crippen molar-refractivity contribution >= 4 is 28.9 Å². The van der Waals surface area contributed by atoms with Crippen LogP contribution in [0.15, 0.2) is 134 Å². The second kappa shape index (κ2) is 25.9. The van der Waals surface area contributed by atoms with Gasteiger partial charge in [0.25, 0.3) is 5.91 Å². The van der Waals surface area contributed by atoms with Gasteiger partial charge in [-0.15, -0.1) is 0 Å². The fraction of sp³-hybridized carbons (Fsp3) is 0.353. The number of carbonyl (C=O) groups is 1. The number of unbranched alkanes of at least 4 members (excludes halogenated alkanes) is 2. The topological polar surface area (TPSA) is 122 Å². The van der Waals surface area contributed by atoms with Gasteiger partial charge in [-0.2, -0.15) is 0 Å². The Hall–Kier alpha value is -5.68. The number of pyridine rings is 1. The van der Waals surface area contributed by atoms with Gasteiger partial charge in [-0.05, 0) is 149 Å². The largest absolute Gasteiger partial charge is 0.508 e. The molecule has 0 spiro atoms. The summed E-state index contributed by atoms with van der Waals surface area (Å²) in [5.41, 5.74) is 12.5. The number of hydrogen-bond donors (Lipinski definition) is 3. The molecule has 11 heteroatoms. The van der Waals surface area contributed by atoms with E-state index in [0.29, 0.717) is 34.3 Å². The number of phenols is 1. The number of anilines is 2. The van der Waals surface area contributed by atoms with Gasteiger partial charge < -0.3 is 25.5 Å². The molecule has 0 saturated carbocycles. The molecule has 3 heterocycles. The van der Waals surface area contributed by atoms with Crippen molar-refractivity contribution < 1.29 is 14.6 Å². The van der Waals surface area contributed by atoms with Crippen molar-refractivity contribution in [3.05, 3.63) is 167 Å². The molecule has 0 bridgehead atoms. The highest BCUT2D eigenvalue weighted by Gasteiger charge is 2.20. The monoisotopic (exact) mass is 857 g/mol. The van der Waals surface area contributed by atoms with Crippen LogP contribution in [0.1, 0.15) is 78.6 Å². The Bertz CT molecular complexity index is 2160. The van der Waals surface area contributed by atoms with E-state index >= 15 is 0 Å². The molecule has 0 radical (unpaired) electrons. The smallest absolute Gasteiger partial charge is 0.255 e. The van der Waals surface area contributed by atoms with Crippen molar-refractivity contribution in [2.24, 2.45) is 5.92 Å². The summed E-state index contributed by atoms with van der Waals surface area (Å²) in [4.78, 5) is 25.1. The second-order valence-corrected chi connectivity index (χ2v) is 16.2. The van der Waals surface area contributed by atoms with Crippen molar-refractivity contribution in [2.75, 3.05) is 43.8 Å². The Morgan fingerprint density at radius 1 is 0.887 bits per heavy atom. The first-order valence-electron chi connectivity index (χ1n) is 21.9. The zero-order valence-electron chi connectivity index (χ0n) is 36.6. The lowest BCUT2D eigenvalue weighted by molar-refractivity contribution is 0.102. The number of piperidine rings is 1. The van der Waals surface area contributed by atoms with E-state index in [4.69, 9.17) is 22.1 Å². The summed E-state index contributed by atoms with van der Waals surface area (Å²) < 4.78 is 7.77. The molecule has 1 saturated heterocycles. The summed E-state index contributed by atoms with van der Waals surface area (Å²) in [7, 11) is 0. The number of aromatic hydroxyl groups is 1. The van der Waals surface area contributed by atoms with Gasteiger partial charge in [0.2, 0.25) is 0 Å². The summed E-state index contributed by atoms with van der Waals surface area (Å²) in [5.74, 6) is 1.78. The SMILES string of the molecule is CCN(CC)Cc1cc(N)ccc1O.Cc1ccc(OCCCCCn2ccnc2)c(Cl)c1.O=C(Nc1cccnc1)c1ccc(CN2CCC(Cc3ccccc3)CC2)cc1. The van der Waals surface area contributed by atoms with E-state index in [2.05, 4.69) is 86.0 Å². The van der Waals surface area contributed by atoms with Crippen LogP contribution in [0, 0.1) is 12.8 Å². The Kier molecular flexibility index (Phi) is 19.8. The normalized spacial score (nSPS) is 12.8. The number of nitrogens with one attached hydrogen (secondary N) is 1. The number of aryl methyl sites for hydroxylation is 2. The van der Waals surface area contributed by atoms with E-state index in [1.165, 1.54) is 30.4 Å². The van der Waals surface area contributed by atoms with Gasteiger partial charge in [-0.25, -0.2) is 4.98 Å². The average molecular weight is 859 g/mol. The number of aromatic nitrogens is 3. The van der Waals surface area contributed by atoms with Crippen molar-refractivity contribution in [3.63, 3.8) is 0 Å². The van der Waals surface area contributed by atoms with Crippen LogP contribution >= 0.6 is 11.6 Å². The van der Waals surface area contributed by atoms with Crippen molar-refractivity contribution in [3.8, 4) is 11.5 Å². The Labute approximate surface area is 373 Å². The van der Waals surface area contributed by atoms with E-state index in [1.54, 1.807) is 24.5 Å². The molecule has 7 rings (SSSR count). The van der Waals surface area contributed by atoms with Crippen LogP contribution in [-0.2, 0) is 26.1 Å². The molecule has 1 aliphatic heterocycles. The molecule has 0 atom stereocenters. The minimum atomic E-state index is -0.105. The summed E-state index contributed by atoms with van der Waals surface area (Å²) in [6, 6.07) is 33.5. The predicted octanol–water partition coefficient (Wildman–Crippen LogP) is 10.7. The fourth-order valence-corrected chi connectivity index (χ4v) is 7.56. The van der Waals surface area contributed by atoms with Crippen LogP contribution in [0.4, 0.5) is 11.4 Å². The van der Waals surface area contributed by atoms with Gasteiger partial charge >= 0.3 is 0 Å². The number of nitrogen functional groups attached to an aromatic ring is 1. The number of phenolic OH excluding ortho intramolecular Hbond substituents is 1. The molecule has 1 aliphatic rings. The zero-order valence-corrected chi connectivity index (χ0v) is 37.4. The molecular formula is C51H64ClN7O3. The first-order valence-corrected chi connectivity index (χ1v) is 22.3. The maximum absolute atomic E-state index is 12.4. The summed E-state index contributed by atoms with van der Waals surface area (Å²) in [6.45, 7) is 13.9. The zero-order chi connectivity index (χ0) is 43.9. The van der Waals surface area contributed by atoms with Crippen LogP contribution in [0.5, 0.6) is 11.5 Å². The number of carbonyl (C=O) groups excluding carboxylic acids is 1. The van der Waals surface area contributed by atoms with E-state index < -0.39 is 0 Å². The molecule has 1 amide bonds. The lowest BCUT2D eigenvalue weighted by Crippen LogP contribution is -2.33. The highest BCUT2D eigenvalue weighted by Crippen LogP contribution is 2.26. The van der Waals surface area contributed by atoms with Crippen molar-refractivity contribution in [2.45, 2.75) is 78.9 Å². The Balaban J connectivity index is 0.000000190. The van der Waals surface area contributed by atoms with Crippen molar-refractivity contribution in [1.29, 1.82) is 0 Å². The maximum Gasteiger partial charge on any atom is 0.255 e. The Morgan fingerprint density at radius 3 is 2.34 bits per heavy atom. The fourth-order valence-electron chi connectivity index (χ4n) is 7.27. The first kappa shape index (κ1) is 47.4. The summed E-state index contributed by atoms with van der Waals surface area (Å²) >= 11 is 6.10.